The first-order valence-electron chi connectivity index (χ1n) is 5.51. The van der Waals surface area contributed by atoms with E-state index in [4.69, 9.17) is 21.6 Å². The number of carbonyl (C=O) groups excluding carboxylic acids is 2. The molecular formula is C13H12ClN3O3. The quantitative estimate of drug-likeness (QED) is 0.486. The fourth-order valence-corrected chi connectivity index (χ4v) is 1.31. The molecule has 6 nitrogen and oxygen atoms in total. The monoisotopic (exact) mass is 293 g/mol. The lowest BCUT2D eigenvalue weighted by Gasteiger charge is -2.05. The maximum absolute atomic E-state index is 11.5. The minimum Gasteiger partial charge on any atom is -0.497 e. The molecule has 0 radical (unpaired) electrons. The van der Waals surface area contributed by atoms with Crippen LogP contribution in [0.15, 0.2) is 36.0 Å². The topological polar surface area (TPSA) is 91.2 Å². The van der Waals surface area contributed by atoms with Crippen LogP contribution >= 0.6 is 11.6 Å². The summed E-state index contributed by atoms with van der Waals surface area (Å²) in [6, 6.07) is 8.61. The lowest BCUT2D eigenvalue weighted by Crippen LogP contribution is -2.32. The summed E-state index contributed by atoms with van der Waals surface area (Å²) in [6.45, 7) is 0. The number of nitriles is 1. The van der Waals surface area contributed by atoms with E-state index in [-0.39, 0.29) is 11.5 Å². The molecule has 0 aliphatic carbocycles. The predicted octanol–water partition coefficient (Wildman–Crippen LogP) is 1.40. The molecule has 2 amide bonds. The number of hydrogen-bond donors (Lipinski definition) is 2. The zero-order valence-corrected chi connectivity index (χ0v) is 11.4. The molecule has 0 bridgehead atoms. The molecule has 2 N–H and O–H groups in total. The number of nitrogens with one attached hydrogen (secondary N) is 2. The van der Waals surface area contributed by atoms with Crippen molar-refractivity contribution in [1.29, 1.82) is 5.26 Å². The third-order valence-electron chi connectivity index (χ3n) is 2.19. The Morgan fingerprint density at radius 2 is 2.25 bits per heavy atom. The molecule has 0 heterocycles. The Kier molecular flexibility index (Phi) is 6.07. The van der Waals surface area contributed by atoms with E-state index >= 15 is 0 Å². The van der Waals surface area contributed by atoms with E-state index in [1.54, 1.807) is 30.3 Å². The van der Waals surface area contributed by atoms with Crippen molar-refractivity contribution in [2.45, 2.75) is 0 Å². The van der Waals surface area contributed by atoms with Crippen molar-refractivity contribution in [3.63, 3.8) is 0 Å². The molecule has 0 aliphatic rings. The number of rotatable bonds is 5. The van der Waals surface area contributed by atoms with Crippen molar-refractivity contribution >= 4 is 29.1 Å². The number of halogens is 1. The van der Waals surface area contributed by atoms with Crippen LogP contribution < -0.4 is 15.4 Å². The van der Waals surface area contributed by atoms with Gasteiger partial charge in [-0.25, -0.2) is 0 Å². The van der Waals surface area contributed by atoms with Crippen LogP contribution in [0.25, 0.3) is 0 Å². The first kappa shape index (κ1) is 15.5. The summed E-state index contributed by atoms with van der Waals surface area (Å²) in [7, 11) is 1.53. The van der Waals surface area contributed by atoms with Crippen LogP contribution in [0.2, 0.25) is 0 Å². The molecule has 0 fully saturated rings. The Morgan fingerprint density at radius 1 is 1.50 bits per heavy atom. The molecule has 104 valence electrons. The van der Waals surface area contributed by atoms with Gasteiger partial charge in [-0.3, -0.25) is 14.9 Å². The Labute approximate surface area is 121 Å². The van der Waals surface area contributed by atoms with Gasteiger partial charge in [-0.05, 0) is 12.1 Å². The number of nitrogens with zero attached hydrogens (tertiary/aromatic N) is 1. The number of benzene rings is 1. The summed E-state index contributed by atoms with van der Waals surface area (Å²) in [5, 5.41) is 13.6. The minimum absolute atomic E-state index is 0.244. The smallest absolute Gasteiger partial charge is 0.270 e. The van der Waals surface area contributed by atoms with E-state index in [1.807, 2.05) is 5.32 Å². The van der Waals surface area contributed by atoms with E-state index in [1.165, 1.54) is 13.3 Å². The molecule has 0 unspecified atom stereocenters. The van der Waals surface area contributed by atoms with Crippen molar-refractivity contribution in [1.82, 2.24) is 5.32 Å². The molecule has 0 aromatic heterocycles. The molecule has 1 aromatic carbocycles. The number of imide groups is 1. The van der Waals surface area contributed by atoms with Crippen molar-refractivity contribution in [2.75, 3.05) is 18.3 Å². The summed E-state index contributed by atoms with van der Waals surface area (Å²) in [4.78, 5) is 22.5. The van der Waals surface area contributed by atoms with Gasteiger partial charge in [0.1, 0.15) is 23.3 Å². The molecule has 1 aromatic rings. The van der Waals surface area contributed by atoms with Gasteiger partial charge >= 0.3 is 0 Å². The zero-order valence-electron chi connectivity index (χ0n) is 10.6. The van der Waals surface area contributed by atoms with Crippen molar-refractivity contribution < 1.29 is 14.3 Å². The highest BCUT2D eigenvalue weighted by Crippen LogP contribution is 2.16. The molecule has 1 rings (SSSR count). The first-order chi connectivity index (χ1) is 9.60. The Morgan fingerprint density at radius 3 is 2.85 bits per heavy atom. The molecule has 0 atom stereocenters. The molecule has 0 spiro atoms. The maximum atomic E-state index is 11.5. The highest BCUT2D eigenvalue weighted by atomic mass is 35.5. The molecular weight excluding hydrogens is 282 g/mol. The van der Waals surface area contributed by atoms with Gasteiger partial charge in [0.15, 0.2) is 0 Å². The van der Waals surface area contributed by atoms with E-state index in [2.05, 4.69) is 5.32 Å². The molecule has 0 aliphatic heterocycles. The van der Waals surface area contributed by atoms with Crippen molar-refractivity contribution in [3.05, 3.63) is 36.0 Å². The van der Waals surface area contributed by atoms with Crippen LogP contribution in [0.4, 0.5) is 5.69 Å². The molecule has 0 saturated carbocycles. The highest BCUT2D eigenvalue weighted by molar-refractivity contribution is 6.29. The standard InChI is InChI=1S/C13H12ClN3O3/c1-20-11-4-2-3-10(5-11)16-8-9(7-15)13(19)17-12(18)6-14/h2-5,8,16H,6H2,1H3,(H,17,18,19)/b9-8+. The SMILES string of the molecule is COc1cccc(N/C=C(\C#N)C(=O)NC(=O)CCl)c1. The first-order valence-corrected chi connectivity index (χ1v) is 6.05. The van der Waals surface area contributed by atoms with Gasteiger partial charge in [-0.1, -0.05) is 6.07 Å². The third kappa shape index (κ3) is 4.63. The summed E-state index contributed by atoms with van der Waals surface area (Å²) < 4.78 is 5.04. The second-order valence-electron chi connectivity index (χ2n) is 3.56. The van der Waals surface area contributed by atoms with Gasteiger partial charge in [-0.15, -0.1) is 11.6 Å². The van der Waals surface area contributed by atoms with E-state index in [9.17, 15) is 9.59 Å². The average Bonchev–Trinajstić information content (AvgIpc) is 2.47. The second kappa shape index (κ2) is 7.81. The van der Waals surface area contributed by atoms with E-state index in [0.29, 0.717) is 11.4 Å². The fraction of sp³-hybridized carbons (Fsp3) is 0.154. The summed E-state index contributed by atoms with van der Waals surface area (Å²) in [5.74, 6) is -1.20. The number of alkyl halides is 1. The summed E-state index contributed by atoms with van der Waals surface area (Å²) in [6.07, 6.45) is 1.20. The minimum atomic E-state index is -0.812. The van der Waals surface area contributed by atoms with Gasteiger partial charge in [0, 0.05) is 18.0 Å². The number of carbonyl (C=O) groups is 2. The Bertz CT molecular complexity index is 578. The number of anilines is 1. The predicted molar refractivity (Wildman–Crippen MR) is 74.2 cm³/mol. The summed E-state index contributed by atoms with van der Waals surface area (Å²) in [5.41, 5.74) is 0.389. The van der Waals surface area contributed by atoms with Gasteiger partial charge in [0.25, 0.3) is 5.91 Å². The Balaban J connectivity index is 2.77. The van der Waals surface area contributed by atoms with Crippen molar-refractivity contribution in [2.24, 2.45) is 0 Å². The van der Waals surface area contributed by atoms with Gasteiger partial charge in [-0.2, -0.15) is 5.26 Å². The highest BCUT2D eigenvalue weighted by Gasteiger charge is 2.11. The second-order valence-corrected chi connectivity index (χ2v) is 3.82. The largest absolute Gasteiger partial charge is 0.497 e. The van der Waals surface area contributed by atoms with Gasteiger partial charge in [0.05, 0.1) is 7.11 Å². The average molecular weight is 294 g/mol. The molecule has 7 heteroatoms. The lowest BCUT2D eigenvalue weighted by atomic mass is 10.2. The number of ether oxygens (including phenoxy) is 1. The normalized spacial score (nSPS) is 10.3. The van der Waals surface area contributed by atoms with Gasteiger partial charge in [0.2, 0.25) is 5.91 Å². The van der Waals surface area contributed by atoms with Crippen LogP contribution in [0, 0.1) is 11.3 Å². The lowest BCUT2D eigenvalue weighted by molar-refractivity contribution is -0.126. The molecule has 20 heavy (non-hydrogen) atoms. The maximum Gasteiger partial charge on any atom is 0.270 e. The van der Waals surface area contributed by atoms with E-state index < -0.39 is 11.8 Å². The van der Waals surface area contributed by atoms with Gasteiger partial charge < -0.3 is 10.1 Å². The number of hydrogen-bond acceptors (Lipinski definition) is 5. The number of amides is 2. The van der Waals surface area contributed by atoms with Crippen LogP contribution in [0.3, 0.4) is 0 Å². The third-order valence-corrected chi connectivity index (χ3v) is 2.44. The molecule has 0 saturated heterocycles. The Hall–Kier alpha value is -2.52. The fourth-order valence-electron chi connectivity index (χ4n) is 1.24. The van der Waals surface area contributed by atoms with Crippen LogP contribution in [0.1, 0.15) is 0 Å². The van der Waals surface area contributed by atoms with Crippen LogP contribution in [-0.4, -0.2) is 24.8 Å². The van der Waals surface area contributed by atoms with Crippen molar-refractivity contribution in [3.8, 4) is 11.8 Å². The van der Waals surface area contributed by atoms with Crippen LogP contribution in [-0.2, 0) is 9.59 Å². The van der Waals surface area contributed by atoms with Crippen LogP contribution in [0.5, 0.6) is 5.75 Å². The summed E-state index contributed by atoms with van der Waals surface area (Å²) >= 11 is 5.25. The number of methoxy groups -OCH3 is 1. The zero-order chi connectivity index (χ0) is 15.0. The van der Waals surface area contributed by atoms with E-state index in [0.717, 1.165) is 0 Å².